The van der Waals surface area contributed by atoms with Gasteiger partial charge in [-0.15, -0.1) is 15.3 Å². The van der Waals surface area contributed by atoms with E-state index in [0.717, 1.165) is 29.5 Å². The molecule has 0 amide bonds. The van der Waals surface area contributed by atoms with Crippen LogP contribution in [0, 0.1) is 6.92 Å². The number of benzene rings is 1. The minimum absolute atomic E-state index is 0.426. The second kappa shape index (κ2) is 5.53. The van der Waals surface area contributed by atoms with Crippen LogP contribution in [0.1, 0.15) is 30.7 Å². The van der Waals surface area contributed by atoms with Gasteiger partial charge in [0.05, 0.1) is 6.61 Å². The summed E-state index contributed by atoms with van der Waals surface area (Å²) >= 11 is 0. The van der Waals surface area contributed by atoms with E-state index in [0.29, 0.717) is 18.6 Å². The number of hydrogen-bond donors (Lipinski definition) is 1. The maximum absolute atomic E-state index is 5.49. The van der Waals surface area contributed by atoms with Crippen molar-refractivity contribution in [2.45, 2.75) is 32.2 Å². The van der Waals surface area contributed by atoms with Crippen LogP contribution >= 0.6 is 0 Å². The summed E-state index contributed by atoms with van der Waals surface area (Å²) in [5, 5.41) is 16.1. The van der Waals surface area contributed by atoms with E-state index in [-0.39, 0.29) is 0 Å². The minimum atomic E-state index is 0.426. The molecule has 6 nitrogen and oxygen atoms in total. The third-order valence-electron chi connectivity index (χ3n) is 4.16. The van der Waals surface area contributed by atoms with E-state index in [1.165, 1.54) is 5.56 Å². The summed E-state index contributed by atoms with van der Waals surface area (Å²) in [6.45, 7) is 4.59. The molecule has 0 aliphatic heterocycles. The van der Waals surface area contributed by atoms with Gasteiger partial charge in [0.1, 0.15) is 11.6 Å². The van der Waals surface area contributed by atoms with Gasteiger partial charge in [0, 0.05) is 12.0 Å². The van der Waals surface area contributed by atoms with Crippen molar-refractivity contribution in [2.24, 2.45) is 0 Å². The smallest absolute Gasteiger partial charge is 0.178 e. The van der Waals surface area contributed by atoms with E-state index >= 15 is 0 Å². The van der Waals surface area contributed by atoms with Crippen LogP contribution in [0.2, 0.25) is 0 Å². The molecule has 1 saturated carbocycles. The fraction of sp³-hybridized carbons (Fsp3) is 0.353. The molecule has 0 unspecified atom stereocenters. The number of aryl methyl sites for hydroxylation is 1. The van der Waals surface area contributed by atoms with Gasteiger partial charge in [-0.2, -0.15) is 4.52 Å². The van der Waals surface area contributed by atoms with Crippen molar-refractivity contribution in [3.8, 4) is 5.75 Å². The first kappa shape index (κ1) is 14.0. The highest BCUT2D eigenvalue weighted by Gasteiger charge is 2.38. The van der Waals surface area contributed by atoms with Crippen LogP contribution in [0.3, 0.4) is 0 Å². The Balaban J connectivity index is 1.45. The lowest BCUT2D eigenvalue weighted by atomic mass is 10.1. The Hall–Kier alpha value is -2.63. The first-order valence-corrected chi connectivity index (χ1v) is 7.93. The lowest BCUT2D eigenvalue weighted by molar-refractivity contribution is 0.340. The van der Waals surface area contributed by atoms with E-state index in [9.17, 15) is 0 Å². The molecule has 1 aliphatic carbocycles. The number of nitrogens with one attached hydrogen (secondary N) is 1. The van der Waals surface area contributed by atoms with Gasteiger partial charge in [-0.1, -0.05) is 12.1 Å². The van der Waals surface area contributed by atoms with E-state index in [2.05, 4.69) is 32.7 Å². The number of nitrogens with zero attached hydrogens (tertiary/aromatic N) is 4. The molecule has 1 N–H and O–H groups in total. The highest BCUT2D eigenvalue weighted by molar-refractivity contribution is 5.47. The van der Waals surface area contributed by atoms with E-state index in [4.69, 9.17) is 4.74 Å². The van der Waals surface area contributed by atoms with E-state index in [1.54, 1.807) is 4.52 Å². The van der Waals surface area contributed by atoms with Crippen LogP contribution < -0.4 is 10.1 Å². The average molecular weight is 309 g/mol. The topological polar surface area (TPSA) is 64.3 Å². The molecule has 1 aliphatic rings. The van der Waals surface area contributed by atoms with Gasteiger partial charge in [-0.3, -0.25) is 0 Å². The fourth-order valence-corrected chi connectivity index (χ4v) is 2.86. The minimum Gasteiger partial charge on any atom is -0.494 e. The summed E-state index contributed by atoms with van der Waals surface area (Å²) in [6.07, 6.45) is 1.12. The summed E-state index contributed by atoms with van der Waals surface area (Å²) in [6, 6.07) is 12.7. The molecule has 3 aromatic rings. The van der Waals surface area contributed by atoms with Crippen molar-refractivity contribution in [3.05, 3.63) is 47.8 Å². The Labute approximate surface area is 134 Å². The summed E-state index contributed by atoms with van der Waals surface area (Å²) in [4.78, 5) is 0. The van der Waals surface area contributed by atoms with Crippen molar-refractivity contribution in [1.29, 1.82) is 0 Å². The fourth-order valence-electron chi connectivity index (χ4n) is 2.86. The number of aromatic nitrogens is 4. The summed E-state index contributed by atoms with van der Waals surface area (Å²) in [7, 11) is 0. The molecular formula is C17H19N5O. The third kappa shape index (κ3) is 2.72. The third-order valence-corrected chi connectivity index (χ3v) is 4.16. The second-order valence-corrected chi connectivity index (χ2v) is 5.83. The molecule has 0 spiro atoms. The standard InChI is InChI=1S/C17H19N5O/c1-3-23-13-6-4-12(5-7-13)14-10-15(14)18-16-8-9-17-20-19-11(2)22(17)21-16/h4-9,14-15H,3,10H2,1-2H3,(H,18,21)/t14-,15+/m0/s1. The van der Waals surface area contributed by atoms with Crippen LogP contribution in [0.15, 0.2) is 36.4 Å². The molecule has 0 saturated heterocycles. The first-order chi connectivity index (χ1) is 11.2. The van der Waals surface area contributed by atoms with Crippen molar-refractivity contribution >= 4 is 11.5 Å². The lowest BCUT2D eigenvalue weighted by Gasteiger charge is -2.07. The van der Waals surface area contributed by atoms with E-state index < -0.39 is 0 Å². The van der Waals surface area contributed by atoms with Gasteiger partial charge in [-0.25, -0.2) is 0 Å². The van der Waals surface area contributed by atoms with Crippen LogP contribution in [-0.4, -0.2) is 32.5 Å². The van der Waals surface area contributed by atoms with Gasteiger partial charge < -0.3 is 10.1 Å². The summed E-state index contributed by atoms with van der Waals surface area (Å²) in [5.41, 5.74) is 2.11. The molecular weight excluding hydrogens is 290 g/mol. The maximum atomic E-state index is 5.49. The highest BCUT2D eigenvalue weighted by Crippen LogP contribution is 2.42. The quantitative estimate of drug-likeness (QED) is 0.785. The SMILES string of the molecule is CCOc1ccc([C@@H]2C[C@H]2Nc2ccc3nnc(C)n3n2)cc1. The zero-order valence-corrected chi connectivity index (χ0v) is 13.2. The average Bonchev–Trinajstić information content (AvgIpc) is 3.24. The summed E-state index contributed by atoms with van der Waals surface area (Å²) < 4.78 is 7.25. The zero-order valence-electron chi connectivity index (χ0n) is 13.2. The van der Waals surface area contributed by atoms with Crippen LogP contribution in [0.5, 0.6) is 5.75 Å². The number of ether oxygens (including phenoxy) is 1. The first-order valence-electron chi connectivity index (χ1n) is 7.93. The monoisotopic (exact) mass is 309 g/mol. The van der Waals surface area contributed by atoms with Crippen molar-refractivity contribution in [3.63, 3.8) is 0 Å². The predicted octanol–water partition coefficient (Wildman–Crippen LogP) is 2.80. The van der Waals surface area contributed by atoms with Gasteiger partial charge in [0.15, 0.2) is 11.5 Å². The Morgan fingerprint density at radius 1 is 1.17 bits per heavy atom. The zero-order chi connectivity index (χ0) is 15.8. The van der Waals surface area contributed by atoms with Crippen LogP contribution in [0.25, 0.3) is 5.65 Å². The molecule has 1 fully saturated rings. The van der Waals surface area contributed by atoms with Crippen molar-refractivity contribution in [1.82, 2.24) is 19.8 Å². The van der Waals surface area contributed by atoms with Crippen molar-refractivity contribution in [2.75, 3.05) is 11.9 Å². The predicted molar refractivity (Wildman–Crippen MR) is 87.9 cm³/mol. The number of hydrogen-bond acceptors (Lipinski definition) is 5. The Morgan fingerprint density at radius 3 is 2.78 bits per heavy atom. The molecule has 0 radical (unpaired) electrons. The molecule has 2 heterocycles. The van der Waals surface area contributed by atoms with Crippen molar-refractivity contribution < 1.29 is 4.74 Å². The summed E-state index contributed by atoms with van der Waals surface area (Å²) in [5.74, 6) is 3.11. The molecule has 118 valence electrons. The molecule has 2 atom stereocenters. The largest absolute Gasteiger partial charge is 0.494 e. The Kier molecular flexibility index (Phi) is 3.37. The number of anilines is 1. The Bertz CT molecular complexity index is 827. The number of rotatable bonds is 5. The molecule has 2 aromatic heterocycles. The molecule has 4 rings (SSSR count). The molecule has 1 aromatic carbocycles. The van der Waals surface area contributed by atoms with E-state index in [1.807, 2.05) is 38.1 Å². The Morgan fingerprint density at radius 2 is 2.00 bits per heavy atom. The second-order valence-electron chi connectivity index (χ2n) is 5.83. The van der Waals surface area contributed by atoms with Gasteiger partial charge in [-0.05, 0) is 50.1 Å². The van der Waals surface area contributed by atoms with Crippen LogP contribution in [-0.2, 0) is 0 Å². The lowest BCUT2D eigenvalue weighted by Crippen LogP contribution is -2.08. The normalized spacial score (nSPS) is 19.7. The maximum Gasteiger partial charge on any atom is 0.178 e. The molecule has 6 heteroatoms. The number of fused-ring (bicyclic) bond motifs is 1. The van der Waals surface area contributed by atoms with Gasteiger partial charge in [0.25, 0.3) is 0 Å². The molecule has 23 heavy (non-hydrogen) atoms. The van der Waals surface area contributed by atoms with Crippen LogP contribution in [0.4, 0.5) is 5.82 Å². The highest BCUT2D eigenvalue weighted by atomic mass is 16.5. The van der Waals surface area contributed by atoms with Gasteiger partial charge in [0.2, 0.25) is 0 Å². The van der Waals surface area contributed by atoms with Gasteiger partial charge >= 0.3 is 0 Å². The molecule has 0 bridgehead atoms.